The zero-order chi connectivity index (χ0) is 13.7. The van der Waals surface area contributed by atoms with Crippen molar-refractivity contribution in [1.82, 2.24) is 9.97 Å². The Hall–Kier alpha value is -1.82. The summed E-state index contributed by atoms with van der Waals surface area (Å²) in [5.41, 5.74) is 5.73. The van der Waals surface area contributed by atoms with E-state index >= 15 is 0 Å². The summed E-state index contributed by atoms with van der Waals surface area (Å²) in [7, 11) is 2.02. The van der Waals surface area contributed by atoms with Crippen molar-refractivity contribution in [2.75, 3.05) is 36.1 Å². The molecule has 0 spiro atoms. The fourth-order valence-electron chi connectivity index (χ4n) is 1.77. The summed E-state index contributed by atoms with van der Waals surface area (Å²) in [6, 6.07) is 6.15. The van der Waals surface area contributed by atoms with E-state index in [0.717, 1.165) is 31.1 Å². The van der Waals surface area contributed by atoms with Gasteiger partial charge in [0.1, 0.15) is 11.6 Å². The number of hydrogen-bond donors (Lipinski definition) is 2. The first kappa shape index (κ1) is 13.6. The van der Waals surface area contributed by atoms with E-state index in [1.54, 1.807) is 11.3 Å². The lowest BCUT2D eigenvalue weighted by molar-refractivity contribution is 0.866. The van der Waals surface area contributed by atoms with Crippen LogP contribution < -0.4 is 16.0 Å². The topological polar surface area (TPSA) is 67.1 Å². The number of nitrogens with one attached hydrogen (secondary N) is 1. The number of hydrogen-bond acceptors (Lipinski definition) is 6. The predicted molar refractivity (Wildman–Crippen MR) is 81.9 cm³/mol. The van der Waals surface area contributed by atoms with Gasteiger partial charge in [0.15, 0.2) is 0 Å². The first-order valence-corrected chi connectivity index (χ1v) is 7.19. The zero-order valence-electron chi connectivity index (χ0n) is 11.3. The monoisotopic (exact) mass is 277 g/mol. The molecule has 0 aliphatic carbocycles. The van der Waals surface area contributed by atoms with Gasteiger partial charge in [-0.05, 0) is 24.8 Å². The van der Waals surface area contributed by atoms with Gasteiger partial charge in [-0.25, -0.2) is 0 Å². The highest BCUT2D eigenvalue weighted by atomic mass is 32.1. The molecule has 2 aromatic heterocycles. The smallest absolute Gasteiger partial charge is 0.223 e. The van der Waals surface area contributed by atoms with Crippen molar-refractivity contribution in [3.63, 3.8) is 0 Å². The highest BCUT2D eigenvalue weighted by Crippen LogP contribution is 2.17. The number of thiophene rings is 1. The lowest BCUT2D eigenvalue weighted by Crippen LogP contribution is -2.22. The second-order valence-corrected chi connectivity index (χ2v) is 5.28. The van der Waals surface area contributed by atoms with Gasteiger partial charge in [0, 0.05) is 31.1 Å². The molecule has 0 aliphatic rings. The summed E-state index contributed by atoms with van der Waals surface area (Å²) in [4.78, 5) is 11.9. The Labute approximate surface area is 117 Å². The van der Waals surface area contributed by atoms with Crippen molar-refractivity contribution in [2.24, 2.45) is 0 Å². The van der Waals surface area contributed by atoms with Crippen LogP contribution in [-0.2, 0) is 6.42 Å². The van der Waals surface area contributed by atoms with Crippen LogP contribution in [0.4, 0.5) is 17.6 Å². The Morgan fingerprint density at radius 3 is 2.95 bits per heavy atom. The molecule has 0 aromatic carbocycles. The van der Waals surface area contributed by atoms with Gasteiger partial charge in [-0.15, -0.1) is 11.3 Å². The van der Waals surface area contributed by atoms with Crippen molar-refractivity contribution < 1.29 is 0 Å². The number of anilines is 3. The van der Waals surface area contributed by atoms with Crippen molar-refractivity contribution in [1.29, 1.82) is 0 Å². The minimum absolute atomic E-state index is 0.302. The van der Waals surface area contributed by atoms with E-state index in [4.69, 9.17) is 5.73 Å². The minimum Gasteiger partial charge on any atom is -0.370 e. The van der Waals surface area contributed by atoms with Gasteiger partial charge >= 0.3 is 0 Å². The predicted octanol–water partition coefficient (Wildman–Crippen LogP) is 2.23. The van der Waals surface area contributed by atoms with Gasteiger partial charge in [-0.2, -0.15) is 9.97 Å². The van der Waals surface area contributed by atoms with Crippen LogP contribution in [0, 0.1) is 0 Å². The number of aromatic nitrogens is 2. The summed E-state index contributed by atoms with van der Waals surface area (Å²) < 4.78 is 0. The number of nitrogens with two attached hydrogens (primary N) is 1. The molecule has 0 fully saturated rings. The second-order valence-electron chi connectivity index (χ2n) is 4.25. The molecular formula is C13H19N5S. The highest BCUT2D eigenvalue weighted by molar-refractivity contribution is 7.09. The molecule has 0 unspecified atom stereocenters. The molecule has 0 amide bonds. The summed E-state index contributed by atoms with van der Waals surface area (Å²) in [6.07, 6.45) is 1.01. The largest absolute Gasteiger partial charge is 0.370 e. The molecule has 0 aliphatic heterocycles. The second kappa shape index (κ2) is 6.38. The van der Waals surface area contributed by atoms with Gasteiger partial charge in [0.05, 0.1) is 0 Å². The standard InChI is InChI=1S/C13H19N5S/c1-3-15-11-9-12(17-13(14)16-11)18(2)7-6-10-5-4-8-19-10/h4-5,8-9H,3,6-7H2,1-2H3,(H3,14,15,16,17). The first-order valence-electron chi connectivity index (χ1n) is 6.31. The molecule has 2 aromatic rings. The molecule has 0 bridgehead atoms. The molecule has 6 heteroatoms. The summed E-state index contributed by atoms with van der Waals surface area (Å²) in [5, 5.41) is 5.26. The van der Waals surface area contributed by atoms with Gasteiger partial charge < -0.3 is 16.0 Å². The zero-order valence-corrected chi connectivity index (χ0v) is 12.1. The number of likely N-dealkylation sites (N-methyl/N-ethyl adjacent to an activating group) is 1. The van der Waals surface area contributed by atoms with Crippen LogP contribution in [0.25, 0.3) is 0 Å². The Kier molecular flexibility index (Phi) is 4.57. The van der Waals surface area contributed by atoms with E-state index in [1.807, 2.05) is 20.0 Å². The fraction of sp³-hybridized carbons (Fsp3) is 0.385. The number of rotatable bonds is 6. The third kappa shape index (κ3) is 3.82. The normalized spacial score (nSPS) is 10.4. The summed E-state index contributed by atoms with van der Waals surface area (Å²) in [5.74, 6) is 1.92. The van der Waals surface area contributed by atoms with E-state index in [0.29, 0.717) is 5.95 Å². The van der Waals surface area contributed by atoms with Crippen LogP contribution in [-0.4, -0.2) is 30.1 Å². The maximum Gasteiger partial charge on any atom is 0.223 e. The van der Waals surface area contributed by atoms with Crippen molar-refractivity contribution >= 4 is 28.9 Å². The molecule has 0 saturated heterocycles. The van der Waals surface area contributed by atoms with Crippen LogP contribution in [0.5, 0.6) is 0 Å². The van der Waals surface area contributed by atoms with E-state index < -0.39 is 0 Å². The maximum atomic E-state index is 5.73. The quantitative estimate of drug-likeness (QED) is 0.847. The number of nitrogens with zero attached hydrogens (tertiary/aromatic N) is 3. The average Bonchev–Trinajstić information content (AvgIpc) is 2.88. The lowest BCUT2D eigenvalue weighted by atomic mass is 10.3. The van der Waals surface area contributed by atoms with Crippen molar-refractivity contribution in [3.05, 3.63) is 28.5 Å². The van der Waals surface area contributed by atoms with E-state index in [2.05, 4.69) is 37.7 Å². The highest BCUT2D eigenvalue weighted by Gasteiger charge is 2.07. The van der Waals surface area contributed by atoms with Gasteiger partial charge in [0.2, 0.25) is 5.95 Å². The molecule has 0 radical (unpaired) electrons. The molecule has 19 heavy (non-hydrogen) atoms. The van der Waals surface area contributed by atoms with Crippen LogP contribution >= 0.6 is 11.3 Å². The van der Waals surface area contributed by atoms with E-state index in [1.165, 1.54) is 4.88 Å². The lowest BCUT2D eigenvalue weighted by Gasteiger charge is -2.18. The third-order valence-electron chi connectivity index (χ3n) is 2.75. The molecule has 102 valence electrons. The molecule has 0 atom stereocenters. The Bertz CT molecular complexity index is 512. The summed E-state index contributed by atoms with van der Waals surface area (Å²) >= 11 is 1.78. The number of nitrogen functional groups attached to an aromatic ring is 1. The maximum absolute atomic E-state index is 5.73. The average molecular weight is 277 g/mol. The Morgan fingerprint density at radius 1 is 1.42 bits per heavy atom. The minimum atomic E-state index is 0.302. The van der Waals surface area contributed by atoms with Gasteiger partial charge in [0.25, 0.3) is 0 Å². The molecule has 3 N–H and O–H groups in total. The Morgan fingerprint density at radius 2 is 2.26 bits per heavy atom. The Balaban J connectivity index is 2.03. The van der Waals surface area contributed by atoms with E-state index in [9.17, 15) is 0 Å². The van der Waals surface area contributed by atoms with E-state index in [-0.39, 0.29) is 0 Å². The van der Waals surface area contributed by atoms with Crippen LogP contribution in [0.15, 0.2) is 23.6 Å². The van der Waals surface area contributed by atoms with Crippen molar-refractivity contribution in [3.8, 4) is 0 Å². The molecule has 2 rings (SSSR count). The molecule has 0 saturated carbocycles. The van der Waals surface area contributed by atoms with Crippen LogP contribution in [0.3, 0.4) is 0 Å². The fourth-order valence-corrected chi connectivity index (χ4v) is 2.47. The summed E-state index contributed by atoms with van der Waals surface area (Å²) in [6.45, 7) is 3.75. The third-order valence-corrected chi connectivity index (χ3v) is 3.69. The van der Waals surface area contributed by atoms with Crippen molar-refractivity contribution in [2.45, 2.75) is 13.3 Å². The molecular weight excluding hydrogens is 258 g/mol. The van der Waals surface area contributed by atoms with Gasteiger partial charge in [-0.3, -0.25) is 0 Å². The van der Waals surface area contributed by atoms with Crippen LogP contribution in [0.2, 0.25) is 0 Å². The SMILES string of the molecule is CCNc1cc(N(C)CCc2cccs2)nc(N)n1. The molecule has 2 heterocycles. The molecule has 5 nitrogen and oxygen atoms in total. The first-order chi connectivity index (χ1) is 9.19. The van der Waals surface area contributed by atoms with Crippen LogP contribution in [0.1, 0.15) is 11.8 Å². The van der Waals surface area contributed by atoms with Gasteiger partial charge in [-0.1, -0.05) is 6.07 Å².